The smallest absolute Gasteiger partial charge is 0.265 e. The van der Waals surface area contributed by atoms with Crippen LogP contribution in [0.15, 0.2) is 60.0 Å². The zero-order valence-corrected chi connectivity index (χ0v) is 14.3. The fourth-order valence-electron chi connectivity index (χ4n) is 2.39. The van der Waals surface area contributed by atoms with Crippen molar-refractivity contribution in [2.24, 2.45) is 0 Å². The highest BCUT2D eigenvalue weighted by atomic mass is 32.1. The summed E-state index contributed by atoms with van der Waals surface area (Å²) in [5, 5.41) is 4.69. The maximum Gasteiger partial charge on any atom is 0.265 e. The van der Waals surface area contributed by atoms with E-state index in [2.05, 4.69) is 5.32 Å². The molecule has 2 aromatic carbocycles. The monoisotopic (exact) mass is 335 g/mol. The molecule has 120 valence electrons. The molecular weight excluding hydrogens is 318 g/mol. The van der Waals surface area contributed by atoms with Crippen molar-refractivity contribution in [2.45, 2.75) is 13.8 Å². The average molecular weight is 335 g/mol. The molecule has 24 heavy (non-hydrogen) atoms. The highest BCUT2D eigenvalue weighted by molar-refractivity contribution is 7.12. The molecule has 0 unspecified atom stereocenters. The standard InChI is InChI=1S/C20H17NO2S/c1-13-8-9-16(11-14(13)2)19(22)15-5-3-6-17(12-15)21-20(23)18-7-4-10-24-18/h3-12H,1-2H3,(H,21,23). The summed E-state index contributed by atoms with van der Waals surface area (Å²) < 4.78 is 0. The second-order valence-electron chi connectivity index (χ2n) is 5.64. The molecule has 0 aliphatic carbocycles. The van der Waals surface area contributed by atoms with Gasteiger partial charge in [0.25, 0.3) is 5.91 Å². The van der Waals surface area contributed by atoms with E-state index in [1.165, 1.54) is 11.3 Å². The Bertz CT molecular complexity index is 898. The van der Waals surface area contributed by atoms with Crippen LogP contribution in [-0.2, 0) is 0 Å². The summed E-state index contributed by atoms with van der Waals surface area (Å²) in [4.78, 5) is 25.4. The van der Waals surface area contributed by atoms with E-state index < -0.39 is 0 Å². The van der Waals surface area contributed by atoms with Crippen molar-refractivity contribution in [3.05, 3.63) is 87.1 Å². The molecule has 4 heteroatoms. The van der Waals surface area contributed by atoms with Crippen LogP contribution >= 0.6 is 11.3 Å². The summed E-state index contributed by atoms with van der Waals surface area (Å²) in [6, 6.07) is 16.3. The van der Waals surface area contributed by atoms with Gasteiger partial charge < -0.3 is 5.32 Å². The van der Waals surface area contributed by atoms with Crippen LogP contribution in [-0.4, -0.2) is 11.7 Å². The van der Waals surface area contributed by atoms with Gasteiger partial charge in [-0.15, -0.1) is 11.3 Å². The molecule has 0 saturated heterocycles. The molecule has 1 aromatic heterocycles. The van der Waals surface area contributed by atoms with E-state index in [1.54, 1.807) is 30.3 Å². The van der Waals surface area contributed by atoms with Crippen LogP contribution in [0.5, 0.6) is 0 Å². The zero-order chi connectivity index (χ0) is 17.1. The van der Waals surface area contributed by atoms with Crippen LogP contribution in [0.25, 0.3) is 0 Å². The number of amides is 1. The number of rotatable bonds is 4. The lowest BCUT2D eigenvalue weighted by molar-refractivity contribution is 0.102. The van der Waals surface area contributed by atoms with Gasteiger partial charge in [-0.25, -0.2) is 0 Å². The van der Waals surface area contributed by atoms with Gasteiger partial charge in [0, 0.05) is 16.8 Å². The molecule has 1 heterocycles. The van der Waals surface area contributed by atoms with Crippen molar-refractivity contribution in [3.63, 3.8) is 0 Å². The molecule has 0 aliphatic rings. The van der Waals surface area contributed by atoms with E-state index in [0.717, 1.165) is 11.1 Å². The number of hydrogen-bond acceptors (Lipinski definition) is 3. The summed E-state index contributed by atoms with van der Waals surface area (Å²) in [6.45, 7) is 4.01. The largest absolute Gasteiger partial charge is 0.321 e. The zero-order valence-electron chi connectivity index (χ0n) is 13.5. The summed E-state index contributed by atoms with van der Waals surface area (Å²) in [5.74, 6) is -0.217. The van der Waals surface area contributed by atoms with Gasteiger partial charge in [0.15, 0.2) is 5.78 Å². The highest BCUT2D eigenvalue weighted by Crippen LogP contribution is 2.18. The Morgan fingerprint density at radius 2 is 1.67 bits per heavy atom. The summed E-state index contributed by atoms with van der Waals surface area (Å²) in [7, 11) is 0. The van der Waals surface area contributed by atoms with Crippen molar-refractivity contribution in [1.29, 1.82) is 0 Å². The number of benzene rings is 2. The first kappa shape index (κ1) is 16.1. The van der Waals surface area contributed by atoms with Crippen molar-refractivity contribution < 1.29 is 9.59 Å². The number of anilines is 1. The lowest BCUT2D eigenvalue weighted by Crippen LogP contribution is -2.11. The second kappa shape index (κ2) is 6.81. The van der Waals surface area contributed by atoms with E-state index in [1.807, 2.05) is 43.5 Å². The van der Waals surface area contributed by atoms with Gasteiger partial charge in [-0.3, -0.25) is 9.59 Å². The highest BCUT2D eigenvalue weighted by Gasteiger charge is 2.12. The maximum atomic E-state index is 12.7. The lowest BCUT2D eigenvalue weighted by Gasteiger charge is -2.08. The van der Waals surface area contributed by atoms with E-state index in [0.29, 0.717) is 21.7 Å². The van der Waals surface area contributed by atoms with E-state index >= 15 is 0 Å². The van der Waals surface area contributed by atoms with E-state index in [-0.39, 0.29) is 11.7 Å². The van der Waals surface area contributed by atoms with Crippen LogP contribution in [0.2, 0.25) is 0 Å². The van der Waals surface area contributed by atoms with Crippen LogP contribution in [0, 0.1) is 13.8 Å². The Kier molecular flexibility index (Phi) is 4.58. The van der Waals surface area contributed by atoms with Crippen LogP contribution in [0.4, 0.5) is 5.69 Å². The van der Waals surface area contributed by atoms with Gasteiger partial charge in [0.1, 0.15) is 0 Å². The minimum Gasteiger partial charge on any atom is -0.321 e. The average Bonchev–Trinajstić information content (AvgIpc) is 3.12. The quantitative estimate of drug-likeness (QED) is 0.693. The molecule has 1 amide bonds. The maximum absolute atomic E-state index is 12.7. The molecule has 3 rings (SSSR count). The minimum absolute atomic E-state index is 0.0506. The van der Waals surface area contributed by atoms with E-state index in [4.69, 9.17) is 0 Å². The summed E-state index contributed by atoms with van der Waals surface area (Å²) in [6.07, 6.45) is 0. The van der Waals surface area contributed by atoms with Crippen LogP contribution in [0.1, 0.15) is 36.7 Å². The van der Waals surface area contributed by atoms with Crippen LogP contribution in [0.3, 0.4) is 0 Å². The number of aryl methyl sites for hydroxylation is 2. The van der Waals surface area contributed by atoms with Crippen molar-refractivity contribution in [3.8, 4) is 0 Å². The van der Waals surface area contributed by atoms with Crippen LogP contribution < -0.4 is 5.32 Å². The topological polar surface area (TPSA) is 46.2 Å². The van der Waals surface area contributed by atoms with Crippen molar-refractivity contribution >= 4 is 28.7 Å². The molecule has 0 atom stereocenters. The number of carbonyl (C=O) groups is 2. The summed E-state index contributed by atoms with van der Waals surface area (Å²) in [5.41, 5.74) is 4.07. The molecule has 1 N–H and O–H groups in total. The van der Waals surface area contributed by atoms with Crippen molar-refractivity contribution in [1.82, 2.24) is 0 Å². The lowest BCUT2D eigenvalue weighted by atomic mass is 9.99. The summed E-state index contributed by atoms with van der Waals surface area (Å²) >= 11 is 1.38. The number of nitrogens with one attached hydrogen (secondary N) is 1. The Morgan fingerprint density at radius 1 is 0.875 bits per heavy atom. The Morgan fingerprint density at radius 3 is 2.38 bits per heavy atom. The van der Waals surface area contributed by atoms with Gasteiger partial charge in [-0.1, -0.05) is 30.3 Å². The van der Waals surface area contributed by atoms with Gasteiger partial charge >= 0.3 is 0 Å². The third-order valence-electron chi connectivity index (χ3n) is 3.90. The molecule has 0 spiro atoms. The number of carbonyl (C=O) groups excluding carboxylic acids is 2. The minimum atomic E-state index is -0.166. The Balaban J connectivity index is 1.83. The first-order valence-corrected chi connectivity index (χ1v) is 8.49. The van der Waals surface area contributed by atoms with Gasteiger partial charge in [-0.2, -0.15) is 0 Å². The van der Waals surface area contributed by atoms with Crippen molar-refractivity contribution in [2.75, 3.05) is 5.32 Å². The molecular formula is C20H17NO2S. The van der Waals surface area contributed by atoms with Gasteiger partial charge in [-0.05, 0) is 54.6 Å². The van der Waals surface area contributed by atoms with Gasteiger partial charge in [0.05, 0.1) is 4.88 Å². The van der Waals surface area contributed by atoms with Gasteiger partial charge in [0.2, 0.25) is 0 Å². The Labute approximate surface area is 145 Å². The second-order valence-corrected chi connectivity index (χ2v) is 6.59. The number of hydrogen-bond donors (Lipinski definition) is 1. The number of thiophene rings is 1. The molecule has 3 nitrogen and oxygen atoms in total. The predicted octanol–water partition coefficient (Wildman–Crippen LogP) is 4.85. The van der Waals surface area contributed by atoms with E-state index in [9.17, 15) is 9.59 Å². The molecule has 3 aromatic rings. The molecule has 0 bridgehead atoms. The third-order valence-corrected chi connectivity index (χ3v) is 4.77. The third kappa shape index (κ3) is 3.44. The molecule has 0 radical (unpaired) electrons. The first-order chi connectivity index (χ1) is 11.5. The number of ketones is 1. The predicted molar refractivity (Wildman–Crippen MR) is 98.1 cm³/mol. The fourth-order valence-corrected chi connectivity index (χ4v) is 3.01. The molecule has 0 fully saturated rings. The normalized spacial score (nSPS) is 10.4. The Hall–Kier alpha value is -2.72. The molecule has 0 aliphatic heterocycles. The first-order valence-electron chi connectivity index (χ1n) is 7.61. The fraction of sp³-hybridized carbons (Fsp3) is 0.100. The molecule has 0 saturated carbocycles. The SMILES string of the molecule is Cc1ccc(C(=O)c2cccc(NC(=O)c3cccs3)c2)cc1C.